The highest BCUT2D eigenvalue weighted by Crippen LogP contribution is 2.23. The number of nitrogens with zero attached hydrogens (tertiary/aromatic N) is 7. The molecule has 1 fully saturated rings. The van der Waals surface area contributed by atoms with Gasteiger partial charge in [-0.05, 0) is 31.9 Å². The van der Waals surface area contributed by atoms with Crippen LogP contribution in [0.25, 0.3) is 22.1 Å². The number of anilines is 1. The molecule has 1 aliphatic heterocycles. The SMILES string of the molecule is CCn1c(N2CCC[C@@H](N)C2)nc2c1c(=O)n(Cc1nc3ccccc3cc1C#N)c(=O)n2C. The Bertz CT molecular complexity index is 1570. The fourth-order valence-corrected chi connectivity index (χ4v) is 4.76. The summed E-state index contributed by atoms with van der Waals surface area (Å²) in [6, 6.07) is 11.4. The monoisotopic (exact) mass is 458 g/mol. The van der Waals surface area contributed by atoms with Gasteiger partial charge in [0.25, 0.3) is 5.56 Å². The van der Waals surface area contributed by atoms with E-state index in [1.807, 2.05) is 35.8 Å². The van der Waals surface area contributed by atoms with E-state index in [1.54, 1.807) is 13.1 Å². The molecule has 4 heterocycles. The average Bonchev–Trinajstić information content (AvgIpc) is 3.25. The van der Waals surface area contributed by atoms with Gasteiger partial charge in [0.2, 0.25) is 5.95 Å². The Morgan fingerprint density at radius 2 is 2.00 bits per heavy atom. The second kappa shape index (κ2) is 8.43. The van der Waals surface area contributed by atoms with Gasteiger partial charge < -0.3 is 15.2 Å². The summed E-state index contributed by atoms with van der Waals surface area (Å²) in [4.78, 5) is 38.3. The zero-order valence-corrected chi connectivity index (χ0v) is 19.2. The smallest absolute Gasteiger partial charge is 0.332 e. The van der Waals surface area contributed by atoms with Crippen molar-refractivity contribution in [2.24, 2.45) is 12.8 Å². The summed E-state index contributed by atoms with van der Waals surface area (Å²) in [7, 11) is 1.61. The molecular formula is C24H26N8O2. The fourth-order valence-electron chi connectivity index (χ4n) is 4.76. The van der Waals surface area contributed by atoms with Gasteiger partial charge in [-0.3, -0.25) is 13.9 Å². The quantitative estimate of drug-likeness (QED) is 0.488. The van der Waals surface area contributed by atoms with Crippen molar-refractivity contribution in [2.75, 3.05) is 18.0 Å². The van der Waals surface area contributed by atoms with Gasteiger partial charge in [-0.1, -0.05) is 18.2 Å². The van der Waals surface area contributed by atoms with Gasteiger partial charge in [0.1, 0.15) is 6.07 Å². The van der Waals surface area contributed by atoms with E-state index in [-0.39, 0.29) is 12.6 Å². The lowest BCUT2D eigenvalue weighted by Gasteiger charge is -2.31. The topological polar surface area (TPSA) is 128 Å². The third kappa shape index (κ3) is 3.45. The normalized spacial score (nSPS) is 16.3. The Balaban J connectivity index is 1.69. The molecule has 0 amide bonds. The number of imidazole rings is 1. The van der Waals surface area contributed by atoms with E-state index in [4.69, 9.17) is 10.7 Å². The number of nitriles is 1. The van der Waals surface area contributed by atoms with Crippen molar-refractivity contribution in [3.8, 4) is 6.07 Å². The highest BCUT2D eigenvalue weighted by atomic mass is 16.2. The van der Waals surface area contributed by atoms with Crippen molar-refractivity contribution in [3.05, 3.63) is 62.4 Å². The van der Waals surface area contributed by atoms with E-state index in [9.17, 15) is 14.9 Å². The molecule has 0 aliphatic carbocycles. The number of benzene rings is 1. The number of para-hydroxylation sites is 1. The summed E-state index contributed by atoms with van der Waals surface area (Å²) in [6.07, 6.45) is 1.90. The van der Waals surface area contributed by atoms with Crippen LogP contribution in [0.5, 0.6) is 0 Å². The van der Waals surface area contributed by atoms with Crippen LogP contribution >= 0.6 is 0 Å². The molecule has 0 unspecified atom stereocenters. The van der Waals surface area contributed by atoms with E-state index >= 15 is 0 Å². The van der Waals surface area contributed by atoms with Gasteiger partial charge >= 0.3 is 5.69 Å². The van der Waals surface area contributed by atoms with Gasteiger partial charge in [0.05, 0.1) is 23.3 Å². The maximum absolute atomic E-state index is 13.6. The largest absolute Gasteiger partial charge is 0.341 e. The number of hydrogen-bond acceptors (Lipinski definition) is 7. The first kappa shape index (κ1) is 21.9. The van der Waals surface area contributed by atoms with Crippen LogP contribution in [-0.2, 0) is 20.1 Å². The first-order valence-corrected chi connectivity index (χ1v) is 11.4. The van der Waals surface area contributed by atoms with E-state index in [2.05, 4.69) is 16.0 Å². The molecule has 0 bridgehead atoms. The molecule has 1 saturated heterocycles. The Hall–Kier alpha value is -3.97. The standard InChI is InChI=1S/C24H26N8O2/c1-3-31-20-21(28-23(31)30-10-6-8-17(26)13-30)29(2)24(34)32(22(20)33)14-19-16(12-25)11-15-7-4-5-9-18(15)27-19/h4-5,7,9,11,17H,3,6,8,10,13-14,26H2,1-2H3/t17-/m1/s1. The van der Waals surface area contributed by atoms with Crippen LogP contribution in [0.15, 0.2) is 39.9 Å². The Morgan fingerprint density at radius 1 is 1.21 bits per heavy atom. The minimum Gasteiger partial charge on any atom is -0.341 e. The molecule has 0 radical (unpaired) electrons. The lowest BCUT2D eigenvalue weighted by atomic mass is 10.1. The number of aromatic nitrogens is 5. The van der Waals surface area contributed by atoms with Crippen LogP contribution < -0.4 is 21.9 Å². The second-order valence-corrected chi connectivity index (χ2v) is 8.70. The third-order valence-corrected chi connectivity index (χ3v) is 6.50. The number of rotatable bonds is 4. The van der Waals surface area contributed by atoms with Crippen LogP contribution in [0.2, 0.25) is 0 Å². The number of aryl methyl sites for hydroxylation is 2. The molecule has 5 rings (SSSR count). The zero-order chi connectivity index (χ0) is 24.0. The molecular weight excluding hydrogens is 432 g/mol. The van der Waals surface area contributed by atoms with Crippen molar-refractivity contribution >= 4 is 28.0 Å². The summed E-state index contributed by atoms with van der Waals surface area (Å²) in [6.45, 7) is 3.81. The molecule has 2 N–H and O–H groups in total. The maximum Gasteiger partial charge on any atom is 0.332 e. The highest BCUT2D eigenvalue weighted by molar-refractivity contribution is 5.80. The Morgan fingerprint density at radius 3 is 2.74 bits per heavy atom. The molecule has 1 aliphatic rings. The maximum atomic E-state index is 13.6. The van der Waals surface area contributed by atoms with E-state index in [0.717, 1.165) is 29.3 Å². The highest BCUT2D eigenvalue weighted by Gasteiger charge is 2.26. The molecule has 34 heavy (non-hydrogen) atoms. The lowest BCUT2D eigenvalue weighted by Crippen LogP contribution is -2.44. The predicted molar refractivity (Wildman–Crippen MR) is 130 cm³/mol. The van der Waals surface area contributed by atoms with E-state index in [1.165, 1.54) is 4.57 Å². The molecule has 0 spiro atoms. The van der Waals surface area contributed by atoms with Crippen LogP contribution in [0.1, 0.15) is 31.0 Å². The number of pyridine rings is 1. The molecule has 1 atom stereocenters. The zero-order valence-electron chi connectivity index (χ0n) is 19.2. The van der Waals surface area contributed by atoms with Gasteiger partial charge in [0, 0.05) is 38.1 Å². The molecule has 10 heteroatoms. The van der Waals surface area contributed by atoms with Crippen LogP contribution in [0.4, 0.5) is 5.95 Å². The van der Waals surface area contributed by atoms with Crippen LogP contribution in [-0.4, -0.2) is 42.8 Å². The average molecular weight is 459 g/mol. The summed E-state index contributed by atoms with van der Waals surface area (Å²) >= 11 is 0. The molecule has 3 aromatic heterocycles. The molecule has 0 saturated carbocycles. The number of fused-ring (bicyclic) bond motifs is 2. The molecule has 4 aromatic rings. The number of hydrogen-bond donors (Lipinski definition) is 1. The summed E-state index contributed by atoms with van der Waals surface area (Å²) in [5.74, 6) is 0.652. The Kier molecular flexibility index (Phi) is 5.42. The van der Waals surface area contributed by atoms with E-state index < -0.39 is 11.2 Å². The van der Waals surface area contributed by atoms with E-state index in [0.29, 0.717) is 47.0 Å². The lowest BCUT2D eigenvalue weighted by molar-refractivity contribution is 0.494. The minimum absolute atomic E-state index is 0.0442. The van der Waals surface area contributed by atoms with Crippen molar-refractivity contribution in [1.29, 1.82) is 5.26 Å². The first-order valence-electron chi connectivity index (χ1n) is 11.4. The summed E-state index contributed by atoms with van der Waals surface area (Å²) < 4.78 is 4.38. The number of nitrogens with two attached hydrogens (primary N) is 1. The van der Waals surface area contributed by atoms with Gasteiger partial charge in [-0.25, -0.2) is 9.78 Å². The van der Waals surface area contributed by atoms with Gasteiger partial charge in [-0.15, -0.1) is 0 Å². The van der Waals surface area contributed by atoms with Gasteiger partial charge in [0.15, 0.2) is 11.2 Å². The van der Waals surface area contributed by atoms with Crippen LogP contribution in [0, 0.1) is 11.3 Å². The summed E-state index contributed by atoms with van der Waals surface area (Å²) in [5.41, 5.74) is 7.34. The minimum atomic E-state index is -0.501. The molecule has 1 aromatic carbocycles. The van der Waals surface area contributed by atoms with Gasteiger partial charge in [-0.2, -0.15) is 10.2 Å². The van der Waals surface area contributed by atoms with Crippen molar-refractivity contribution in [2.45, 2.75) is 38.9 Å². The second-order valence-electron chi connectivity index (χ2n) is 8.70. The first-order chi connectivity index (χ1) is 16.4. The van der Waals surface area contributed by atoms with Crippen molar-refractivity contribution < 1.29 is 0 Å². The summed E-state index contributed by atoms with van der Waals surface area (Å²) in [5, 5.41) is 10.5. The van der Waals surface area contributed by atoms with Crippen molar-refractivity contribution in [1.82, 2.24) is 23.7 Å². The molecule has 174 valence electrons. The fraction of sp³-hybridized carbons (Fsp3) is 0.375. The van der Waals surface area contributed by atoms with Crippen molar-refractivity contribution in [3.63, 3.8) is 0 Å². The van der Waals surface area contributed by atoms with Crippen LogP contribution in [0.3, 0.4) is 0 Å². The number of piperidine rings is 1. The third-order valence-electron chi connectivity index (χ3n) is 6.50. The molecule has 10 nitrogen and oxygen atoms in total. The Labute approximate surface area is 195 Å². The predicted octanol–water partition coefficient (Wildman–Crippen LogP) is 1.31.